The molecule has 5 heteroatoms. The number of aryl methyl sites for hydroxylation is 2. The molecule has 3 rings (SSSR count). The first-order chi connectivity index (χ1) is 10.6. The summed E-state index contributed by atoms with van der Waals surface area (Å²) in [5, 5.41) is 3.39. The molecule has 1 atom stereocenters. The van der Waals surface area contributed by atoms with Crippen LogP contribution in [-0.2, 0) is 13.6 Å². The first kappa shape index (κ1) is 14.5. The number of imidazole rings is 1. The molecule has 0 saturated carbocycles. The van der Waals surface area contributed by atoms with Gasteiger partial charge in [-0.2, -0.15) is 0 Å². The quantitative estimate of drug-likeness (QED) is 0.785. The predicted octanol–water partition coefficient (Wildman–Crippen LogP) is 3.34. The average Bonchev–Trinajstić information content (AvgIpc) is 3.09. The second-order valence-electron chi connectivity index (χ2n) is 5.28. The number of nitrogens with one attached hydrogen (secondary N) is 1. The van der Waals surface area contributed by atoms with Gasteiger partial charge in [0.25, 0.3) is 0 Å². The van der Waals surface area contributed by atoms with E-state index in [1.165, 1.54) is 12.1 Å². The molecule has 0 amide bonds. The highest BCUT2D eigenvalue weighted by atomic mass is 19.1. The van der Waals surface area contributed by atoms with Crippen LogP contribution in [0.25, 0.3) is 0 Å². The number of furan rings is 1. The molecule has 2 heterocycles. The summed E-state index contributed by atoms with van der Waals surface area (Å²) in [6.45, 7) is 2.45. The van der Waals surface area contributed by atoms with Crippen LogP contribution in [0.1, 0.15) is 29.0 Å². The molecule has 22 heavy (non-hydrogen) atoms. The number of benzene rings is 1. The number of halogens is 1. The lowest BCUT2D eigenvalue weighted by Crippen LogP contribution is -2.24. The van der Waals surface area contributed by atoms with E-state index >= 15 is 0 Å². The number of hydrogen-bond donors (Lipinski definition) is 1. The van der Waals surface area contributed by atoms with Crippen molar-refractivity contribution in [1.82, 2.24) is 14.9 Å². The minimum absolute atomic E-state index is 0.207. The third-order valence-electron chi connectivity index (χ3n) is 3.58. The van der Waals surface area contributed by atoms with Crippen molar-refractivity contribution in [2.24, 2.45) is 7.05 Å². The minimum Gasteiger partial charge on any atom is -0.465 e. The van der Waals surface area contributed by atoms with Gasteiger partial charge < -0.3 is 8.98 Å². The Balaban J connectivity index is 1.88. The Morgan fingerprint density at radius 1 is 1.32 bits per heavy atom. The Labute approximate surface area is 128 Å². The zero-order valence-corrected chi connectivity index (χ0v) is 12.6. The van der Waals surface area contributed by atoms with E-state index in [1.54, 1.807) is 12.3 Å². The standard InChI is InChI=1S/C17H18FN3O/c1-12-6-7-15(22-12)11-20-16(17-19-8-9-21(17)2)13-4-3-5-14(18)10-13/h3-10,16,20H,11H2,1-2H3/t16-/m0/s1. The summed E-state index contributed by atoms with van der Waals surface area (Å²) < 4.78 is 21.1. The SMILES string of the molecule is Cc1ccc(CN[C@@H](c2cccc(F)c2)c2nccn2C)o1. The van der Waals surface area contributed by atoms with Crippen molar-refractivity contribution >= 4 is 0 Å². The van der Waals surface area contributed by atoms with Gasteiger partial charge in [-0.15, -0.1) is 0 Å². The predicted molar refractivity (Wildman–Crippen MR) is 81.7 cm³/mol. The Kier molecular flexibility index (Phi) is 4.06. The van der Waals surface area contributed by atoms with E-state index in [1.807, 2.05) is 42.9 Å². The van der Waals surface area contributed by atoms with Crippen molar-refractivity contribution < 1.29 is 8.81 Å². The third kappa shape index (κ3) is 3.09. The van der Waals surface area contributed by atoms with Gasteiger partial charge in [-0.25, -0.2) is 9.37 Å². The fourth-order valence-corrected chi connectivity index (χ4v) is 2.48. The normalized spacial score (nSPS) is 12.5. The molecule has 0 unspecified atom stereocenters. The molecule has 1 N–H and O–H groups in total. The molecule has 0 fully saturated rings. The first-order valence-electron chi connectivity index (χ1n) is 7.15. The summed E-state index contributed by atoms with van der Waals surface area (Å²) in [7, 11) is 1.92. The second kappa shape index (κ2) is 6.15. The number of hydrogen-bond acceptors (Lipinski definition) is 3. The van der Waals surface area contributed by atoms with Gasteiger partial charge in [0.1, 0.15) is 23.2 Å². The van der Waals surface area contributed by atoms with Crippen LogP contribution in [0.2, 0.25) is 0 Å². The van der Waals surface area contributed by atoms with Gasteiger partial charge in [-0.3, -0.25) is 5.32 Å². The van der Waals surface area contributed by atoms with Crippen molar-refractivity contribution in [3.05, 3.63) is 77.5 Å². The van der Waals surface area contributed by atoms with Crippen LogP contribution < -0.4 is 5.32 Å². The molecule has 0 aliphatic heterocycles. The Morgan fingerprint density at radius 2 is 2.18 bits per heavy atom. The molecule has 1 aromatic carbocycles. The molecular formula is C17H18FN3O. The molecule has 0 spiro atoms. The molecule has 0 saturated heterocycles. The molecule has 114 valence electrons. The molecule has 0 bridgehead atoms. The lowest BCUT2D eigenvalue weighted by molar-refractivity contribution is 0.443. The molecule has 0 aliphatic carbocycles. The highest BCUT2D eigenvalue weighted by Crippen LogP contribution is 2.22. The summed E-state index contributed by atoms with van der Waals surface area (Å²) in [6, 6.07) is 10.2. The minimum atomic E-state index is -0.257. The van der Waals surface area contributed by atoms with Crippen molar-refractivity contribution in [2.45, 2.75) is 19.5 Å². The zero-order chi connectivity index (χ0) is 15.5. The van der Waals surface area contributed by atoms with Crippen molar-refractivity contribution in [3.63, 3.8) is 0 Å². The van der Waals surface area contributed by atoms with E-state index in [0.29, 0.717) is 6.54 Å². The molecule has 3 aromatic rings. The summed E-state index contributed by atoms with van der Waals surface area (Å²) in [6.07, 6.45) is 3.61. The van der Waals surface area contributed by atoms with E-state index in [0.717, 1.165) is 22.9 Å². The van der Waals surface area contributed by atoms with Crippen LogP contribution in [0, 0.1) is 12.7 Å². The highest BCUT2D eigenvalue weighted by molar-refractivity contribution is 5.26. The zero-order valence-electron chi connectivity index (χ0n) is 12.6. The van der Waals surface area contributed by atoms with Crippen molar-refractivity contribution in [2.75, 3.05) is 0 Å². The lowest BCUT2D eigenvalue weighted by atomic mass is 10.1. The maximum Gasteiger partial charge on any atom is 0.130 e. The maximum atomic E-state index is 13.6. The fraction of sp³-hybridized carbons (Fsp3) is 0.235. The lowest BCUT2D eigenvalue weighted by Gasteiger charge is -2.18. The van der Waals surface area contributed by atoms with Gasteiger partial charge in [0.05, 0.1) is 12.6 Å². The number of aromatic nitrogens is 2. The second-order valence-corrected chi connectivity index (χ2v) is 5.28. The van der Waals surface area contributed by atoms with Gasteiger partial charge in [-0.05, 0) is 36.8 Å². The first-order valence-corrected chi connectivity index (χ1v) is 7.15. The molecule has 4 nitrogen and oxygen atoms in total. The Morgan fingerprint density at radius 3 is 2.82 bits per heavy atom. The fourth-order valence-electron chi connectivity index (χ4n) is 2.48. The topological polar surface area (TPSA) is 43.0 Å². The Bertz CT molecular complexity index is 763. The van der Waals surface area contributed by atoms with Crippen LogP contribution in [0.5, 0.6) is 0 Å². The van der Waals surface area contributed by atoms with Crippen LogP contribution in [-0.4, -0.2) is 9.55 Å². The smallest absolute Gasteiger partial charge is 0.130 e. The maximum absolute atomic E-state index is 13.6. The van der Waals surface area contributed by atoms with Crippen molar-refractivity contribution in [3.8, 4) is 0 Å². The monoisotopic (exact) mass is 299 g/mol. The highest BCUT2D eigenvalue weighted by Gasteiger charge is 2.18. The molecule has 0 radical (unpaired) electrons. The van der Waals surface area contributed by atoms with Crippen LogP contribution in [0.3, 0.4) is 0 Å². The van der Waals surface area contributed by atoms with E-state index in [2.05, 4.69) is 10.3 Å². The summed E-state index contributed by atoms with van der Waals surface area (Å²) in [5.41, 5.74) is 0.831. The molecule has 0 aliphatic rings. The average molecular weight is 299 g/mol. The van der Waals surface area contributed by atoms with E-state index < -0.39 is 0 Å². The summed E-state index contributed by atoms with van der Waals surface area (Å²) in [5.74, 6) is 2.28. The van der Waals surface area contributed by atoms with Crippen molar-refractivity contribution in [1.29, 1.82) is 0 Å². The summed E-state index contributed by atoms with van der Waals surface area (Å²) >= 11 is 0. The number of nitrogens with zero attached hydrogens (tertiary/aromatic N) is 2. The van der Waals surface area contributed by atoms with Crippen LogP contribution in [0.15, 0.2) is 53.2 Å². The van der Waals surface area contributed by atoms with E-state index in [9.17, 15) is 4.39 Å². The van der Waals surface area contributed by atoms with Crippen LogP contribution >= 0.6 is 0 Å². The van der Waals surface area contributed by atoms with Gasteiger partial charge in [0, 0.05) is 19.4 Å². The van der Waals surface area contributed by atoms with Gasteiger partial charge in [0.15, 0.2) is 0 Å². The molecular weight excluding hydrogens is 281 g/mol. The van der Waals surface area contributed by atoms with Gasteiger partial charge in [-0.1, -0.05) is 12.1 Å². The van der Waals surface area contributed by atoms with E-state index in [4.69, 9.17) is 4.42 Å². The summed E-state index contributed by atoms with van der Waals surface area (Å²) in [4.78, 5) is 4.39. The van der Waals surface area contributed by atoms with Gasteiger partial charge >= 0.3 is 0 Å². The van der Waals surface area contributed by atoms with E-state index in [-0.39, 0.29) is 11.9 Å². The third-order valence-corrected chi connectivity index (χ3v) is 3.58. The van der Waals surface area contributed by atoms with Gasteiger partial charge in [0.2, 0.25) is 0 Å². The molecule has 2 aromatic heterocycles. The Hall–Kier alpha value is -2.40. The largest absolute Gasteiger partial charge is 0.465 e. The van der Waals surface area contributed by atoms with Crippen LogP contribution in [0.4, 0.5) is 4.39 Å². The number of rotatable bonds is 5.